The minimum atomic E-state index is -1.04. The molecule has 0 saturated heterocycles. The molecular weight excluding hydrogens is 370 g/mol. The molecular formula is C24H18ClNO2. The summed E-state index contributed by atoms with van der Waals surface area (Å²) in [4.78, 5) is 11.6. The average Bonchev–Trinajstić information content (AvgIpc) is 3.07. The molecule has 1 N–H and O–H groups in total. The molecule has 0 saturated carbocycles. The van der Waals surface area contributed by atoms with Gasteiger partial charge in [0.2, 0.25) is 0 Å². The smallest absolute Gasteiger partial charge is 0.337 e. The fourth-order valence-electron chi connectivity index (χ4n) is 3.49. The first kappa shape index (κ1) is 18.1. The Morgan fingerprint density at radius 3 is 2.07 bits per heavy atom. The van der Waals surface area contributed by atoms with Gasteiger partial charge in [-0.3, -0.25) is 0 Å². The summed E-state index contributed by atoms with van der Waals surface area (Å²) in [5.74, 6) is -1.04. The van der Waals surface area contributed by atoms with Gasteiger partial charge in [-0.2, -0.15) is 0 Å². The summed E-state index contributed by atoms with van der Waals surface area (Å²) < 4.78 is 2.08. The Morgan fingerprint density at radius 2 is 1.46 bits per heavy atom. The molecule has 1 heterocycles. The molecule has 0 atom stereocenters. The molecule has 3 aromatic carbocycles. The molecule has 0 bridgehead atoms. The van der Waals surface area contributed by atoms with Crippen molar-refractivity contribution in [3.63, 3.8) is 0 Å². The molecule has 0 amide bonds. The fourth-order valence-corrected chi connectivity index (χ4v) is 3.69. The van der Waals surface area contributed by atoms with Crippen LogP contribution in [0, 0.1) is 6.92 Å². The molecule has 0 aliphatic heterocycles. The zero-order chi connectivity index (χ0) is 19.7. The fraction of sp³-hybridized carbons (Fsp3) is 0.0417. The van der Waals surface area contributed by atoms with Crippen molar-refractivity contribution in [2.24, 2.45) is 0 Å². The van der Waals surface area contributed by atoms with E-state index >= 15 is 0 Å². The van der Waals surface area contributed by atoms with Crippen molar-refractivity contribution in [1.29, 1.82) is 0 Å². The molecule has 4 aromatic rings. The quantitative estimate of drug-likeness (QED) is 0.436. The van der Waals surface area contributed by atoms with Gasteiger partial charge in [0.25, 0.3) is 0 Å². The van der Waals surface area contributed by atoms with E-state index in [1.165, 1.54) is 0 Å². The van der Waals surface area contributed by atoms with Crippen molar-refractivity contribution in [3.05, 3.63) is 101 Å². The number of carboxylic acid groups (broad SMARTS) is 1. The molecule has 1 aromatic heterocycles. The Bertz CT molecular complexity index is 1150. The first-order valence-corrected chi connectivity index (χ1v) is 9.30. The molecule has 4 heteroatoms. The largest absolute Gasteiger partial charge is 0.478 e. The van der Waals surface area contributed by atoms with Crippen LogP contribution < -0.4 is 0 Å². The lowest BCUT2D eigenvalue weighted by molar-refractivity contribution is 0.0697. The summed E-state index contributed by atoms with van der Waals surface area (Å²) in [7, 11) is 0. The first-order chi connectivity index (χ1) is 13.6. The SMILES string of the molecule is Cc1c(-c2ccccc2)cc(-c2ccccc2)n1-c1ccc(Cl)c(C(=O)O)c1. The zero-order valence-corrected chi connectivity index (χ0v) is 16.0. The van der Waals surface area contributed by atoms with E-state index in [1.807, 2.05) is 61.5 Å². The highest BCUT2D eigenvalue weighted by molar-refractivity contribution is 6.33. The maximum Gasteiger partial charge on any atom is 0.337 e. The van der Waals surface area contributed by atoms with Gasteiger partial charge in [-0.05, 0) is 42.3 Å². The highest BCUT2D eigenvalue weighted by atomic mass is 35.5. The van der Waals surface area contributed by atoms with Crippen molar-refractivity contribution in [1.82, 2.24) is 4.57 Å². The number of benzene rings is 3. The number of hydrogen-bond donors (Lipinski definition) is 1. The summed E-state index contributed by atoms with van der Waals surface area (Å²) in [6.45, 7) is 2.05. The van der Waals surface area contributed by atoms with E-state index in [1.54, 1.807) is 12.1 Å². The van der Waals surface area contributed by atoms with Gasteiger partial charge in [-0.15, -0.1) is 0 Å². The van der Waals surface area contributed by atoms with Crippen LogP contribution in [-0.2, 0) is 0 Å². The van der Waals surface area contributed by atoms with Crippen LogP contribution in [-0.4, -0.2) is 15.6 Å². The maximum absolute atomic E-state index is 11.6. The predicted octanol–water partition coefficient (Wildman–Crippen LogP) is 6.47. The van der Waals surface area contributed by atoms with Crippen LogP contribution in [0.5, 0.6) is 0 Å². The summed E-state index contributed by atoms with van der Waals surface area (Å²) in [6, 6.07) is 27.5. The van der Waals surface area contributed by atoms with Gasteiger partial charge < -0.3 is 9.67 Å². The van der Waals surface area contributed by atoms with Crippen LogP contribution in [0.1, 0.15) is 16.1 Å². The number of halogens is 1. The van der Waals surface area contributed by atoms with Crippen molar-refractivity contribution < 1.29 is 9.90 Å². The van der Waals surface area contributed by atoms with Gasteiger partial charge in [-0.1, -0.05) is 72.3 Å². The Kier molecular flexibility index (Phi) is 4.76. The van der Waals surface area contributed by atoms with Crippen molar-refractivity contribution in [2.75, 3.05) is 0 Å². The lowest BCUT2D eigenvalue weighted by atomic mass is 10.1. The van der Waals surface area contributed by atoms with Gasteiger partial charge >= 0.3 is 5.97 Å². The lowest BCUT2D eigenvalue weighted by Gasteiger charge is -2.14. The van der Waals surface area contributed by atoms with E-state index in [0.717, 1.165) is 33.8 Å². The second-order valence-electron chi connectivity index (χ2n) is 6.57. The molecule has 0 radical (unpaired) electrons. The number of rotatable bonds is 4. The number of nitrogens with zero attached hydrogens (tertiary/aromatic N) is 1. The maximum atomic E-state index is 11.6. The van der Waals surface area contributed by atoms with Crippen molar-refractivity contribution in [2.45, 2.75) is 6.92 Å². The summed E-state index contributed by atoms with van der Waals surface area (Å²) in [5.41, 5.74) is 6.15. The summed E-state index contributed by atoms with van der Waals surface area (Å²) >= 11 is 6.09. The van der Waals surface area contributed by atoms with Crippen LogP contribution in [0.2, 0.25) is 5.02 Å². The third-order valence-corrected chi connectivity index (χ3v) is 5.17. The zero-order valence-electron chi connectivity index (χ0n) is 15.3. The molecule has 138 valence electrons. The second-order valence-corrected chi connectivity index (χ2v) is 6.97. The summed E-state index contributed by atoms with van der Waals surface area (Å²) in [6.07, 6.45) is 0. The van der Waals surface area contributed by atoms with Gasteiger partial charge in [0.15, 0.2) is 0 Å². The van der Waals surface area contributed by atoms with Gasteiger partial charge in [0.1, 0.15) is 0 Å². The molecule has 0 spiro atoms. The predicted molar refractivity (Wildman–Crippen MR) is 113 cm³/mol. The van der Waals surface area contributed by atoms with Crippen LogP contribution in [0.25, 0.3) is 28.1 Å². The lowest BCUT2D eigenvalue weighted by Crippen LogP contribution is -2.03. The number of aromatic nitrogens is 1. The van der Waals surface area contributed by atoms with E-state index in [0.29, 0.717) is 0 Å². The van der Waals surface area contributed by atoms with Gasteiger partial charge in [-0.25, -0.2) is 4.79 Å². The molecule has 3 nitrogen and oxygen atoms in total. The van der Waals surface area contributed by atoms with E-state index in [4.69, 9.17) is 11.6 Å². The van der Waals surface area contributed by atoms with Gasteiger partial charge in [0.05, 0.1) is 16.3 Å². The standard InChI is InChI=1S/C24H18ClNO2/c1-16-20(17-8-4-2-5-9-17)15-23(18-10-6-3-7-11-18)26(16)19-12-13-22(25)21(14-19)24(27)28/h2-15H,1H3,(H,27,28). The molecule has 0 fully saturated rings. The number of hydrogen-bond acceptors (Lipinski definition) is 1. The van der Waals surface area contributed by atoms with Crippen LogP contribution in [0.4, 0.5) is 0 Å². The van der Waals surface area contributed by atoms with E-state index in [-0.39, 0.29) is 10.6 Å². The molecule has 0 aliphatic carbocycles. The van der Waals surface area contributed by atoms with Crippen molar-refractivity contribution in [3.8, 4) is 28.1 Å². The Hall–Kier alpha value is -3.30. The van der Waals surface area contributed by atoms with Crippen LogP contribution in [0.3, 0.4) is 0 Å². The normalized spacial score (nSPS) is 10.8. The third kappa shape index (κ3) is 3.21. The van der Waals surface area contributed by atoms with Crippen molar-refractivity contribution >= 4 is 17.6 Å². The van der Waals surface area contributed by atoms with E-state index in [9.17, 15) is 9.90 Å². The first-order valence-electron chi connectivity index (χ1n) is 8.92. The molecule has 0 unspecified atom stereocenters. The van der Waals surface area contributed by atoms with Crippen LogP contribution >= 0.6 is 11.6 Å². The Balaban J connectivity index is 2.00. The minimum Gasteiger partial charge on any atom is -0.478 e. The van der Waals surface area contributed by atoms with E-state index < -0.39 is 5.97 Å². The highest BCUT2D eigenvalue weighted by Crippen LogP contribution is 2.35. The number of aromatic carboxylic acids is 1. The average molecular weight is 388 g/mol. The molecule has 4 rings (SSSR count). The number of carboxylic acids is 1. The Morgan fingerprint density at radius 1 is 0.857 bits per heavy atom. The molecule has 0 aliphatic rings. The minimum absolute atomic E-state index is 0.0903. The van der Waals surface area contributed by atoms with Gasteiger partial charge in [0, 0.05) is 16.9 Å². The Labute approximate surface area is 168 Å². The monoisotopic (exact) mass is 387 g/mol. The van der Waals surface area contributed by atoms with E-state index in [2.05, 4.69) is 22.8 Å². The summed E-state index contributed by atoms with van der Waals surface area (Å²) in [5, 5.41) is 9.71. The third-order valence-electron chi connectivity index (χ3n) is 4.84. The number of carbonyl (C=O) groups is 1. The topological polar surface area (TPSA) is 42.2 Å². The second kappa shape index (κ2) is 7.37. The van der Waals surface area contributed by atoms with Crippen LogP contribution in [0.15, 0.2) is 84.9 Å². The molecule has 28 heavy (non-hydrogen) atoms. The highest BCUT2D eigenvalue weighted by Gasteiger charge is 2.18.